The molecule has 3 nitrogen and oxygen atoms in total. The van der Waals surface area contributed by atoms with Gasteiger partial charge in [-0.1, -0.05) is 17.7 Å². The molecule has 3 N–H and O–H groups in total. The number of aryl methyl sites for hydroxylation is 1. The average Bonchev–Trinajstić information content (AvgIpc) is 2.27. The van der Waals surface area contributed by atoms with Crippen LogP contribution in [-0.4, -0.2) is 30.8 Å². The Balaban J connectivity index is 2.69. The van der Waals surface area contributed by atoms with Gasteiger partial charge in [0.05, 0.1) is 6.61 Å². The zero-order valence-corrected chi connectivity index (χ0v) is 9.48. The minimum atomic E-state index is -0.175. The van der Waals surface area contributed by atoms with Gasteiger partial charge in [0.1, 0.15) is 0 Å². The maximum atomic E-state index is 8.92. The summed E-state index contributed by atoms with van der Waals surface area (Å²) < 4.78 is 0. The molecule has 1 aromatic carbocycles. The Bertz CT molecular complexity index is 284. The zero-order chi connectivity index (χ0) is 11.3. The molecule has 84 valence electrons. The lowest BCUT2D eigenvalue weighted by Crippen LogP contribution is -2.39. The van der Waals surface area contributed by atoms with E-state index >= 15 is 0 Å². The number of benzene rings is 1. The fourth-order valence-corrected chi connectivity index (χ4v) is 1.51. The SMILES string of the molecule is CCN(CC(N)CO)c1ccc(C)cc1. The van der Waals surface area contributed by atoms with Crippen LogP contribution in [0.2, 0.25) is 0 Å². The summed E-state index contributed by atoms with van der Waals surface area (Å²) in [4.78, 5) is 2.17. The normalized spacial score (nSPS) is 12.5. The smallest absolute Gasteiger partial charge is 0.0599 e. The fourth-order valence-electron chi connectivity index (χ4n) is 1.51. The molecule has 0 radical (unpaired) electrons. The number of rotatable bonds is 5. The number of hydrogen-bond donors (Lipinski definition) is 2. The van der Waals surface area contributed by atoms with Gasteiger partial charge in [0.15, 0.2) is 0 Å². The largest absolute Gasteiger partial charge is 0.395 e. The third-order valence-electron chi connectivity index (χ3n) is 2.47. The van der Waals surface area contributed by atoms with E-state index in [1.165, 1.54) is 5.56 Å². The summed E-state index contributed by atoms with van der Waals surface area (Å²) in [5.41, 5.74) is 8.14. The highest BCUT2D eigenvalue weighted by Crippen LogP contribution is 2.14. The Kier molecular flexibility index (Phi) is 4.59. The van der Waals surface area contributed by atoms with Crippen LogP contribution in [0, 0.1) is 6.92 Å². The number of likely N-dealkylation sites (N-methyl/N-ethyl adjacent to an activating group) is 1. The molecule has 0 aliphatic rings. The molecule has 0 fully saturated rings. The molecule has 0 aliphatic heterocycles. The van der Waals surface area contributed by atoms with Crippen LogP contribution in [0.3, 0.4) is 0 Å². The molecule has 1 rings (SSSR count). The summed E-state index contributed by atoms with van der Waals surface area (Å²) in [5.74, 6) is 0. The van der Waals surface area contributed by atoms with E-state index in [2.05, 4.69) is 43.0 Å². The number of anilines is 1. The van der Waals surface area contributed by atoms with Crippen molar-refractivity contribution >= 4 is 5.69 Å². The van der Waals surface area contributed by atoms with Gasteiger partial charge < -0.3 is 15.7 Å². The predicted octanol–water partition coefficient (Wildman–Crippen LogP) is 1.14. The Labute approximate surface area is 91.5 Å². The molecule has 0 aliphatic carbocycles. The average molecular weight is 208 g/mol. The van der Waals surface area contributed by atoms with Crippen LogP contribution < -0.4 is 10.6 Å². The van der Waals surface area contributed by atoms with Crippen molar-refractivity contribution < 1.29 is 5.11 Å². The third kappa shape index (κ3) is 3.53. The minimum absolute atomic E-state index is 0.0301. The molecule has 1 aromatic rings. The Morgan fingerprint density at radius 2 is 1.93 bits per heavy atom. The van der Waals surface area contributed by atoms with Gasteiger partial charge in [-0.05, 0) is 26.0 Å². The molecule has 15 heavy (non-hydrogen) atoms. The van der Waals surface area contributed by atoms with Gasteiger partial charge in [0, 0.05) is 24.8 Å². The molecule has 0 saturated carbocycles. The lowest BCUT2D eigenvalue weighted by Gasteiger charge is -2.25. The lowest BCUT2D eigenvalue weighted by atomic mass is 10.2. The maximum Gasteiger partial charge on any atom is 0.0599 e. The molecule has 0 bridgehead atoms. The van der Waals surface area contributed by atoms with Crippen molar-refractivity contribution in [1.82, 2.24) is 0 Å². The summed E-state index contributed by atoms with van der Waals surface area (Å²) in [6, 6.07) is 8.17. The molecular weight excluding hydrogens is 188 g/mol. The van der Waals surface area contributed by atoms with Crippen molar-refractivity contribution in [2.45, 2.75) is 19.9 Å². The predicted molar refractivity (Wildman–Crippen MR) is 64.1 cm³/mol. The highest BCUT2D eigenvalue weighted by atomic mass is 16.3. The summed E-state index contributed by atoms with van der Waals surface area (Å²) in [6.07, 6.45) is 0. The van der Waals surface area contributed by atoms with Gasteiger partial charge >= 0.3 is 0 Å². The van der Waals surface area contributed by atoms with E-state index < -0.39 is 0 Å². The van der Waals surface area contributed by atoms with Crippen LogP contribution in [0.25, 0.3) is 0 Å². The molecule has 0 aromatic heterocycles. The van der Waals surface area contributed by atoms with Gasteiger partial charge in [-0.25, -0.2) is 0 Å². The second kappa shape index (κ2) is 5.73. The van der Waals surface area contributed by atoms with Crippen molar-refractivity contribution in [2.24, 2.45) is 5.73 Å². The first-order chi connectivity index (χ1) is 7.17. The Morgan fingerprint density at radius 3 is 2.40 bits per heavy atom. The molecule has 0 spiro atoms. The van der Waals surface area contributed by atoms with E-state index in [1.807, 2.05) is 0 Å². The summed E-state index contributed by atoms with van der Waals surface area (Å²) >= 11 is 0. The van der Waals surface area contributed by atoms with Gasteiger partial charge in [-0.2, -0.15) is 0 Å². The number of hydrogen-bond acceptors (Lipinski definition) is 3. The van der Waals surface area contributed by atoms with Gasteiger partial charge in [0.2, 0.25) is 0 Å². The zero-order valence-electron chi connectivity index (χ0n) is 9.48. The standard InChI is InChI=1S/C12H20N2O/c1-3-14(8-11(13)9-15)12-6-4-10(2)5-7-12/h4-7,11,15H,3,8-9,13H2,1-2H3. The third-order valence-corrected chi connectivity index (χ3v) is 2.47. The van der Waals surface area contributed by atoms with Crippen LogP contribution in [0.5, 0.6) is 0 Å². The number of nitrogens with two attached hydrogens (primary N) is 1. The second-order valence-corrected chi connectivity index (χ2v) is 3.82. The van der Waals surface area contributed by atoms with Crippen LogP contribution in [0.15, 0.2) is 24.3 Å². The van der Waals surface area contributed by atoms with E-state index in [0.29, 0.717) is 6.54 Å². The highest BCUT2D eigenvalue weighted by Gasteiger charge is 2.08. The first-order valence-electron chi connectivity index (χ1n) is 5.35. The summed E-state index contributed by atoms with van der Waals surface area (Å²) in [6.45, 7) is 5.78. The number of aliphatic hydroxyl groups excluding tert-OH is 1. The summed E-state index contributed by atoms with van der Waals surface area (Å²) in [5, 5.41) is 8.92. The van der Waals surface area contributed by atoms with Crippen LogP contribution in [-0.2, 0) is 0 Å². The van der Waals surface area contributed by atoms with E-state index in [1.54, 1.807) is 0 Å². The van der Waals surface area contributed by atoms with Crippen LogP contribution >= 0.6 is 0 Å². The Hall–Kier alpha value is -1.06. The fraction of sp³-hybridized carbons (Fsp3) is 0.500. The molecular formula is C12H20N2O. The van der Waals surface area contributed by atoms with Gasteiger partial charge in [-0.15, -0.1) is 0 Å². The monoisotopic (exact) mass is 208 g/mol. The minimum Gasteiger partial charge on any atom is -0.395 e. The van der Waals surface area contributed by atoms with Crippen molar-refractivity contribution in [2.75, 3.05) is 24.6 Å². The van der Waals surface area contributed by atoms with Crippen LogP contribution in [0.1, 0.15) is 12.5 Å². The van der Waals surface area contributed by atoms with E-state index in [9.17, 15) is 0 Å². The molecule has 0 heterocycles. The number of nitrogens with zero attached hydrogens (tertiary/aromatic N) is 1. The Morgan fingerprint density at radius 1 is 1.33 bits per heavy atom. The second-order valence-electron chi connectivity index (χ2n) is 3.82. The molecule has 0 amide bonds. The molecule has 1 atom stereocenters. The van der Waals surface area contributed by atoms with Crippen molar-refractivity contribution in [1.29, 1.82) is 0 Å². The van der Waals surface area contributed by atoms with E-state index in [4.69, 9.17) is 10.8 Å². The van der Waals surface area contributed by atoms with Crippen molar-refractivity contribution in [3.8, 4) is 0 Å². The quantitative estimate of drug-likeness (QED) is 0.763. The van der Waals surface area contributed by atoms with E-state index in [0.717, 1.165) is 12.2 Å². The highest BCUT2D eigenvalue weighted by molar-refractivity contribution is 5.47. The van der Waals surface area contributed by atoms with Crippen LogP contribution in [0.4, 0.5) is 5.69 Å². The molecule has 0 saturated heterocycles. The first-order valence-corrected chi connectivity index (χ1v) is 5.35. The maximum absolute atomic E-state index is 8.92. The lowest BCUT2D eigenvalue weighted by molar-refractivity contribution is 0.267. The first kappa shape index (κ1) is 12.0. The number of aliphatic hydroxyl groups is 1. The van der Waals surface area contributed by atoms with Gasteiger partial charge in [0.25, 0.3) is 0 Å². The topological polar surface area (TPSA) is 49.5 Å². The van der Waals surface area contributed by atoms with Gasteiger partial charge in [-0.3, -0.25) is 0 Å². The summed E-state index contributed by atoms with van der Waals surface area (Å²) in [7, 11) is 0. The van der Waals surface area contributed by atoms with E-state index in [-0.39, 0.29) is 12.6 Å². The van der Waals surface area contributed by atoms with Crippen molar-refractivity contribution in [3.63, 3.8) is 0 Å². The molecule has 3 heteroatoms. The van der Waals surface area contributed by atoms with Crippen molar-refractivity contribution in [3.05, 3.63) is 29.8 Å². The molecule has 1 unspecified atom stereocenters.